The highest BCUT2D eigenvalue weighted by molar-refractivity contribution is 8.86. The summed E-state index contributed by atoms with van der Waals surface area (Å²) in [5, 5.41) is 0. The molecule has 1 aromatic carbocycles. The van der Waals surface area contributed by atoms with Crippen molar-refractivity contribution in [3.63, 3.8) is 0 Å². The molecule has 0 amide bonds. The lowest BCUT2D eigenvalue weighted by molar-refractivity contribution is 0.0775. The first-order chi connectivity index (χ1) is 19.0. The number of nitrogens with zero attached hydrogens (tertiary/aromatic N) is 3. The summed E-state index contributed by atoms with van der Waals surface area (Å²) in [5.74, 6) is 0. The lowest BCUT2D eigenvalue weighted by Crippen LogP contribution is -2.31. The molecule has 3 saturated heterocycles. The molecule has 9 nitrogen and oxygen atoms in total. The molecule has 0 atom stereocenters. The Morgan fingerprint density at radius 2 is 0.744 bits per heavy atom. The zero-order valence-corrected chi connectivity index (χ0v) is 28.0. The Bertz CT molecular complexity index is 832. The van der Waals surface area contributed by atoms with Crippen molar-refractivity contribution in [3.8, 4) is 0 Å². The van der Waals surface area contributed by atoms with Crippen LogP contribution in [0.2, 0.25) is 0 Å². The average Bonchev–Trinajstić information content (AvgIpc) is 2.95. The van der Waals surface area contributed by atoms with E-state index >= 15 is 0 Å². The van der Waals surface area contributed by atoms with E-state index in [2.05, 4.69) is 0 Å². The number of hydrogen-bond donors (Lipinski definition) is 0. The van der Waals surface area contributed by atoms with E-state index in [-0.39, 0.29) is 13.3 Å². The lowest BCUT2D eigenvalue weighted by atomic mass is 10.4. The molecule has 0 bridgehead atoms. The van der Waals surface area contributed by atoms with Crippen molar-refractivity contribution in [1.29, 1.82) is 0 Å². The summed E-state index contributed by atoms with van der Waals surface area (Å²) in [6, 6.07) is 5.94. The second-order valence-electron chi connectivity index (χ2n) is 7.79. The predicted molar refractivity (Wildman–Crippen MR) is 173 cm³/mol. The molecule has 1 aromatic rings. The van der Waals surface area contributed by atoms with Crippen molar-refractivity contribution in [1.82, 2.24) is 12.9 Å². The first-order valence-corrected chi connectivity index (χ1v) is 20.6. The van der Waals surface area contributed by atoms with Crippen LogP contribution >= 0.6 is 101 Å². The van der Waals surface area contributed by atoms with E-state index in [1.54, 1.807) is 0 Å². The van der Waals surface area contributed by atoms with E-state index in [4.69, 9.17) is 14.2 Å². The summed E-state index contributed by atoms with van der Waals surface area (Å²) >= 11 is 3.68. The number of carbonyl (C=O) groups is 3. The topological polar surface area (TPSA) is 88.6 Å². The Hall–Kier alpha value is 1.14. The van der Waals surface area contributed by atoms with Crippen molar-refractivity contribution in [2.24, 2.45) is 0 Å². The van der Waals surface area contributed by atoms with E-state index in [1.807, 2.05) is 31.1 Å². The van der Waals surface area contributed by atoms with Crippen LogP contribution in [0, 0.1) is 0 Å². The number of ether oxygens (including phenoxy) is 3. The van der Waals surface area contributed by atoms with Gasteiger partial charge in [-0.05, 0) is 83.0 Å². The standard InChI is InChI=1S/C21H27N3O6S9/c25-19(31-22-1-7-28-8-2-22)37-34-16-13-17(35-38-20(26)32-23-3-9-29-10-4-23)15-18(14-16)36-39-21(27)33-24-5-11-30-12-6-24/h13-15H,1-12H2. The SMILES string of the molecule is O=C(SSc1cc(SSC(=O)SN2CCOCC2)cc(SSC(=O)SN2CCOCC2)c1)SN1CCOCC1. The van der Waals surface area contributed by atoms with Crippen LogP contribution in [-0.4, -0.2) is 105 Å². The molecule has 3 heterocycles. The number of benzene rings is 1. The van der Waals surface area contributed by atoms with E-state index in [0.717, 1.165) is 54.0 Å². The Balaban J connectivity index is 1.32. The Morgan fingerprint density at radius 1 is 0.487 bits per heavy atom. The summed E-state index contributed by atoms with van der Waals surface area (Å²) in [4.78, 5) is 40.3. The summed E-state index contributed by atoms with van der Waals surface area (Å²) in [6.07, 6.45) is 0. The Labute approximate surface area is 265 Å². The number of rotatable bonds is 9. The highest BCUT2D eigenvalue weighted by Gasteiger charge is 2.20. The van der Waals surface area contributed by atoms with Crippen LogP contribution in [0.4, 0.5) is 14.4 Å². The molecule has 0 spiro atoms. The maximum absolute atomic E-state index is 12.5. The van der Waals surface area contributed by atoms with Gasteiger partial charge in [0, 0.05) is 89.8 Å². The van der Waals surface area contributed by atoms with E-state index < -0.39 is 0 Å². The summed E-state index contributed by atoms with van der Waals surface area (Å²) in [7, 11) is 7.72. The maximum atomic E-state index is 12.5. The third kappa shape index (κ3) is 13.1. The minimum absolute atomic E-state index is 0.00656. The highest BCUT2D eigenvalue weighted by atomic mass is 33.1. The van der Waals surface area contributed by atoms with Crippen LogP contribution in [0.1, 0.15) is 0 Å². The van der Waals surface area contributed by atoms with Crippen molar-refractivity contribution < 1.29 is 28.6 Å². The number of morpholine rings is 3. The monoisotopic (exact) mass is 705 g/mol. The van der Waals surface area contributed by atoms with Crippen molar-refractivity contribution in [3.05, 3.63) is 18.2 Å². The smallest absolute Gasteiger partial charge is 0.271 e. The molecular formula is C21H27N3O6S9. The van der Waals surface area contributed by atoms with Gasteiger partial charge in [0.15, 0.2) is 0 Å². The third-order valence-corrected chi connectivity index (χ3v) is 15.5. The molecule has 18 heteroatoms. The van der Waals surface area contributed by atoms with Gasteiger partial charge in [0.1, 0.15) is 0 Å². The van der Waals surface area contributed by atoms with Gasteiger partial charge in [0.25, 0.3) is 13.3 Å². The van der Waals surface area contributed by atoms with Gasteiger partial charge in [-0.2, -0.15) is 0 Å². The number of carbonyl (C=O) groups excluding carboxylic acids is 3. The lowest BCUT2D eigenvalue weighted by Gasteiger charge is -2.24. The Kier molecular flexibility index (Phi) is 15.9. The summed E-state index contributed by atoms with van der Waals surface area (Å²) in [6.45, 7) is 8.22. The van der Waals surface area contributed by atoms with E-state index in [9.17, 15) is 14.4 Å². The fourth-order valence-corrected chi connectivity index (χ4v) is 12.0. The fourth-order valence-electron chi connectivity index (χ4n) is 3.21. The van der Waals surface area contributed by atoms with E-state index in [0.29, 0.717) is 39.6 Å². The molecule has 0 unspecified atom stereocenters. The van der Waals surface area contributed by atoms with Gasteiger partial charge in [-0.1, -0.05) is 0 Å². The quantitative estimate of drug-likeness (QED) is 0.191. The minimum Gasteiger partial charge on any atom is -0.379 e. The molecule has 0 aromatic heterocycles. The van der Waals surface area contributed by atoms with Crippen molar-refractivity contribution in [2.45, 2.75) is 14.7 Å². The third-order valence-electron chi connectivity index (χ3n) is 4.99. The van der Waals surface area contributed by atoms with Gasteiger partial charge in [-0.3, -0.25) is 14.4 Å². The van der Waals surface area contributed by atoms with E-state index in [1.165, 1.54) is 101 Å². The summed E-state index contributed by atoms with van der Waals surface area (Å²) in [5.41, 5.74) is 0. The minimum atomic E-state index is 0.00656. The van der Waals surface area contributed by atoms with Gasteiger partial charge >= 0.3 is 0 Å². The van der Waals surface area contributed by atoms with Crippen molar-refractivity contribution >= 4 is 114 Å². The largest absolute Gasteiger partial charge is 0.379 e. The maximum Gasteiger partial charge on any atom is 0.271 e. The summed E-state index contributed by atoms with van der Waals surface area (Å²) < 4.78 is 22.1. The first-order valence-electron chi connectivity index (χ1n) is 11.9. The molecule has 216 valence electrons. The van der Waals surface area contributed by atoms with Crippen LogP contribution < -0.4 is 0 Å². The molecule has 0 radical (unpaired) electrons. The van der Waals surface area contributed by atoms with Crippen LogP contribution in [-0.2, 0) is 14.2 Å². The molecule has 4 rings (SSSR count). The predicted octanol–water partition coefficient (Wildman–Crippen LogP) is 7.21. The number of hydrogen-bond acceptors (Lipinski definition) is 18. The molecule has 3 aliphatic rings. The van der Waals surface area contributed by atoms with Crippen LogP contribution in [0.25, 0.3) is 0 Å². The highest BCUT2D eigenvalue weighted by Crippen LogP contribution is 2.45. The van der Waals surface area contributed by atoms with Gasteiger partial charge < -0.3 is 14.2 Å². The molecule has 0 N–H and O–H groups in total. The Morgan fingerprint density at radius 3 is 1.00 bits per heavy atom. The normalized spacial score (nSPS) is 19.7. The molecule has 39 heavy (non-hydrogen) atoms. The molecular weight excluding hydrogens is 679 g/mol. The molecule has 0 aliphatic carbocycles. The average molecular weight is 706 g/mol. The van der Waals surface area contributed by atoms with Gasteiger partial charge in [-0.25, -0.2) is 12.9 Å². The van der Waals surface area contributed by atoms with Crippen LogP contribution in [0.3, 0.4) is 0 Å². The van der Waals surface area contributed by atoms with Crippen LogP contribution in [0.15, 0.2) is 32.9 Å². The zero-order valence-electron chi connectivity index (χ0n) is 20.7. The van der Waals surface area contributed by atoms with Gasteiger partial charge in [-0.15, -0.1) is 0 Å². The fraction of sp³-hybridized carbons (Fsp3) is 0.571. The van der Waals surface area contributed by atoms with Crippen LogP contribution in [0.5, 0.6) is 0 Å². The molecule has 3 aliphatic heterocycles. The van der Waals surface area contributed by atoms with Gasteiger partial charge in [0.05, 0.1) is 39.6 Å². The molecule has 0 saturated carbocycles. The van der Waals surface area contributed by atoms with Gasteiger partial charge in [0.2, 0.25) is 0 Å². The second kappa shape index (κ2) is 18.7. The zero-order chi connectivity index (χ0) is 27.3. The molecule has 3 fully saturated rings. The second-order valence-corrected chi connectivity index (χ2v) is 18.3. The van der Waals surface area contributed by atoms with Crippen molar-refractivity contribution in [2.75, 3.05) is 78.9 Å². The first kappa shape index (κ1) is 33.0.